The van der Waals surface area contributed by atoms with Crippen LogP contribution in [0.1, 0.15) is 33.3 Å². The number of rotatable bonds is 4. The molecule has 1 aromatic carbocycles. The summed E-state index contributed by atoms with van der Waals surface area (Å²) in [6.45, 7) is 6.04. The van der Waals surface area contributed by atoms with E-state index in [1.165, 1.54) is 12.1 Å². The van der Waals surface area contributed by atoms with Crippen LogP contribution in [0.3, 0.4) is 0 Å². The summed E-state index contributed by atoms with van der Waals surface area (Å²) in [6.07, 6.45) is -0.873. The molecular formula is C18H23ClF3NO2S. The molecule has 0 saturated carbocycles. The van der Waals surface area contributed by atoms with Gasteiger partial charge in [-0.2, -0.15) is 11.8 Å². The van der Waals surface area contributed by atoms with Crippen molar-refractivity contribution >= 4 is 29.5 Å². The fraction of sp³-hybridized carbons (Fsp3) is 0.611. The van der Waals surface area contributed by atoms with E-state index in [9.17, 15) is 18.0 Å². The summed E-state index contributed by atoms with van der Waals surface area (Å²) in [7, 11) is 0. The Morgan fingerprint density at radius 1 is 1.42 bits per heavy atom. The van der Waals surface area contributed by atoms with Crippen molar-refractivity contribution in [2.75, 3.05) is 12.3 Å². The Kier molecular flexibility index (Phi) is 6.44. The summed E-state index contributed by atoms with van der Waals surface area (Å²) in [5.41, 5.74) is -0.607. The minimum Gasteiger partial charge on any atom is -0.444 e. The van der Waals surface area contributed by atoms with Crippen LogP contribution in [0.2, 0.25) is 5.02 Å². The maximum absolute atomic E-state index is 14.6. The number of ether oxygens (including phenoxy) is 1. The molecule has 1 aliphatic heterocycles. The third-order valence-corrected chi connectivity index (χ3v) is 5.63. The van der Waals surface area contributed by atoms with Gasteiger partial charge >= 0.3 is 6.09 Å². The standard InChI is InChI=1S/C18H23ClF3NO2S/c1-5-26-15-13(9-11-7-6-8-12(19)14(11)20)23(10-18(15,21)22)16(24)25-17(2,3)4/h6-8,13,15H,5,9-10H2,1-4H3. The third kappa shape index (κ3) is 4.80. The van der Waals surface area contributed by atoms with Crippen molar-refractivity contribution in [2.45, 2.75) is 56.9 Å². The molecule has 1 fully saturated rings. The van der Waals surface area contributed by atoms with Crippen molar-refractivity contribution < 1.29 is 22.7 Å². The molecule has 0 aliphatic carbocycles. The summed E-state index contributed by atoms with van der Waals surface area (Å²) in [6, 6.07) is 3.57. The van der Waals surface area contributed by atoms with E-state index >= 15 is 0 Å². The third-order valence-electron chi connectivity index (χ3n) is 3.98. The maximum atomic E-state index is 14.6. The number of alkyl halides is 2. The van der Waals surface area contributed by atoms with Crippen LogP contribution in [0, 0.1) is 5.82 Å². The van der Waals surface area contributed by atoms with Crippen LogP contribution in [-0.2, 0) is 11.2 Å². The molecule has 0 bridgehead atoms. The van der Waals surface area contributed by atoms with Gasteiger partial charge in [-0.15, -0.1) is 0 Å². The second-order valence-electron chi connectivity index (χ2n) is 7.23. The number of likely N-dealkylation sites (tertiary alicyclic amines) is 1. The lowest BCUT2D eigenvalue weighted by Crippen LogP contribution is -2.43. The Hall–Kier alpha value is -1.08. The Bertz CT molecular complexity index is 666. The van der Waals surface area contributed by atoms with Gasteiger partial charge in [0.2, 0.25) is 0 Å². The molecule has 1 saturated heterocycles. The first-order chi connectivity index (χ1) is 12.0. The van der Waals surface area contributed by atoms with Gasteiger partial charge in [-0.1, -0.05) is 30.7 Å². The molecule has 146 valence electrons. The van der Waals surface area contributed by atoms with E-state index in [0.29, 0.717) is 5.75 Å². The fourth-order valence-corrected chi connectivity index (χ4v) is 4.30. The molecule has 0 spiro atoms. The number of nitrogens with zero attached hydrogens (tertiary/aromatic N) is 1. The highest BCUT2D eigenvalue weighted by molar-refractivity contribution is 8.00. The lowest BCUT2D eigenvalue weighted by molar-refractivity contribution is -0.000572. The smallest absolute Gasteiger partial charge is 0.410 e. The van der Waals surface area contributed by atoms with Crippen molar-refractivity contribution in [3.63, 3.8) is 0 Å². The van der Waals surface area contributed by atoms with E-state index in [1.807, 2.05) is 0 Å². The van der Waals surface area contributed by atoms with Crippen molar-refractivity contribution in [2.24, 2.45) is 0 Å². The lowest BCUT2D eigenvalue weighted by Gasteiger charge is -2.30. The molecule has 1 heterocycles. The molecule has 0 radical (unpaired) electrons. The Labute approximate surface area is 161 Å². The number of benzene rings is 1. The minimum absolute atomic E-state index is 0.0567. The van der Waals surface area contributed by atoms with E-state index in [-0.39, 0.29) is 17.0 Å². The van der Waals surface area contributed by atoms with E-state index in [1.54, 1.807) is 33.8 Å². The molecular weight excluding hydrogens is 387 g/mol. The number of hydrogen-bond acceptors (Lipinski definition) is 3. The quantitative estimate of drug-likeness (QED) is 0.667. The van der Waals surface area contributed by atoms with Gasteiger partial charge in [-0.05, 0) is 44.6 Å². The van der Waals surface area contributed by atoms with Crippen LogP contribution >= 0.6 is 23.4 Å². The minimum atomic E-state index is -3.09. The van der Waals surface area contributed by atoms with Gasteiger partial charge in [-0.3, -0.25) is 4.90 Å². The number of amides is 1. The molecule has 3 nitrogen and oxygen atoms in total. The predicted molar refractivity (Wildman–Crippen MR) is 98.7 cm³/mol. The van der Waals surface area contributed by atoms with Crippen molar-refractivity contribution in [3.05, 3.63) is 34.6 Å². The Morgan fingerprint density at radius 2 is 2.08 bits per heavy atom. The molecule has 0 aromatic heterocycles. The van der Waals surface area contributed by atoms with Crippen LogP contribution in [0.5, 0.6) is 0 Å². The van der Waals surface area contributed by atoms with Crippen molar-refractivity contribution in [1.82, 2.24) is 4.90 Å². The van der Waals surface area contributed by atoms with Crippen LogP contribution in [-0.4, -0.2) is 46.1 Å². The van der Waals surface area contributed by atoms with Crippen LogP contribution < -0.4 is 0 Å². The zero-order chi connectivity index (χ0) is 19.7. The SMILES string of the molecule is CCSC1C(Cc2cccc(Cl)c2F)N(C(=O)OC(C)(C)C)CC1(F)F. The number of thioether (sulfide) groups is 1. The van der Waals surface area contributed by atoms with Crippen molar-refractivity contribution in [3.8, 4) is 0 Å². The van der Waals surface area contributed by atoms with Crippen LogP contribution in [0.15, 0.2) is 18.2 Å². The van der Waals surface area contributed by atoms with Crippen LogP contribution in [0.25, 0.3) is 0 Å². The number of carbonyl (C=O) groups is 1. The number of carbonyl (C=O) groups excluding carboxylic acids is 1. The normalized spacial score (nSPS) is 22.5. The van der Waals surface area contributed by atoms with E-state index in [0.717, 1.165) is 16.7 Å². The molecule has 2 rings (SSSR count). The number of hydrogen-bond donors (Lipinski definition) is 0. The Morgan fingerprint density at radius 3 is 2.65 bits per heavy atom. The molecule has 1 aromatic rings. The summed E-state index contributed by atoms with van der Waals surface area (Å²) in [5, 5.41) is -1.21. The highest BCUT2D eigenvalue weighted by Gasteiger charge is 2.56. The summed E-state index contributed by atoms with van der Waals surface area (Å²) in [4.78, 5) is 13.5. The average Bonchev–Trinajstić information content (AvgIpc) is 2.75. The van der Waals surface area contributed by atoms with E-state index in [4.69, 9.17) is 16.3 Å². The summed E-state index contributed by atoms with van der Waals surface area (Å²) >= 11 is 6.87. The monoisotopic (exact) mass is 409 g/mol. The van der Waals surface area contributed by atoms with Gasteiger partial charge in [0.1, 0.15) is 11.4 Å². The van der Waals surface area contributed by atoms with Gasteiger partial charge in [0.15, 0.2) is 0 Å². The topological polar surface area (TPSA) is 29.5 Å². The first-order valence-corrected chi connectivity index (χ1v) is 9.81. The second kappa shape index (κ2) is 7.89. The first-order valence-electron chi connectivity index (χ1n) is 8.38. The highest BCUT2D eigenvalue weighted by Crippen LogP contribution is 2.42. The van der Waals surface area contributed by atoms with Gasteiger partial charge in [0.05, 0.1) is 22.9 Å². The van der Waals surface area contributed by atoms with E-state index < -0.39 is 41.3 Å². The summed E-state index contributed by atoms with van der Waals surface area (Å²) in [5.74, 6) is -3.28. The largest absolute Gasteiger partial charge is 0.444 e. The molecule has 2 atom stereocenters. The Balaban J connectivity index is 2.36. The summed E-state index contributed by atoms with van der Waals surface area (Å²) < 4.78 is 48.8. The second-order valence-corrected chi connectivity index (χ2v) is 9.06. The van der Waals surface area contributed by atoms with Gasteiger partial charge < -0.3 is 4.74 Å². The van der Waals surface area contributed by atoms with Crippen molar-refractivity contribution in [1.29, 1.82) is 0 Å². The lowest BCUT2D eigenvalue weighted by atomic mass is 10.0. The molecule has 1 aliphatic rings. The zero-order valence-electron chi connectivity index (χ0n) is 15.2. The number of halogens is 4. The zero-order valence-corrected chi connectivity index (χ0v) is 16.8. The predicted octanol–water partition coefficient (Wildman–Crippen LogP) is 5.40. The molecule has 26 heavy (non-hydrogen) atoms. The fourth-order valence-electron chi connectivity index (χ4n) is 2.96. The highest BCUT2D eigenvalue weighted by atomic mass is 35.5. The average molecular weight is 410 g/mol. The maximum Gasteiger partial charge on any atom is 0.410 e. The van der Waals surface area contributed by atoms with Gasteiger partial charge in [0.25, 0.3) is 5.92 Å². The molecule has 0 N–H and O–H groups in total. The van der Waals surface area contributed by atoms with Crippen LogP contribution in [0.4, 0.5) is 18.0 Å². The van der Waals surface area contributed by atoms with Gasteiger partial charge in [0, 0.05) is 0 Å². The molecule has 2 unspecified atom stereocenters. The van der Waals surface area contributed by atoms with E-state index in [2.05, 4.69) is 0 Å². The molecule has 1 amide bonds. The van der Waals surface area contributed by atoms with Gasteiger partial charge in [-0.25, -0.2) is 18.0 Å². The molecule has 8 heteroatoms. The first kappa shape index (κ1) is 21.2.